The van der Waals surface area contributed by atoms with Gasteiger partial charge in [-0.25, -0.2) is 19.2 Å². The molecule has 0 aromatic heterocycles. The Morgan fingerprint density at radius 1 is 0.636 bits per heavy atom. The molecule has 3 rings (SSSR count). The lowest BCUT2D eigenvalue weighted by Crippen LogP contribution is -2.44. The maximum Gasteiger partial charge on any atom is 0.408 e. The second kappa shape index (κ2) is 17.1. The summed E-state index contributed by atoms with van der Waals surface area (Å²) in [4.78, 5) is 51.1. The fraction of sp³-hybridized carbons (Fsp3) is 0.294. The van der Waals surface area contributed by atoms with Crippen LogP contribution in [-0.4, -0.2) is 41.8 Å². The minimum Gasteiger partial charge on any atom is -0.459 e. The zero-order valence-corrected chi connectivity index (χ0v) is 25.1. The molecule has 2 amide bonds. The van der Waals surface area contributed by atoms with Gasteiger partial charge in [-0.2, -0.15) is 0 Å². The highest BCUT2D eigenvalue weighted by Crippen LogP contribution is 2.10. The molecule has 0 radical (unpaired) electrons. The van der Waals surface area contributed by atoms with Crippen LogP contribution in [0.5, 0.6) is 0 Å². The number of nitrogens with one attached hydrogen (secondary N) is 2. The number of ether oxygens (including phenoxy) is 4. The van der Waals surface area contributed by atoms with Gasteiger partial charge in [0.05, 0.1) is 0 Å². The predicted molar refractivity (Wildman–Crippen MR) is 163 cm³/mol. The van der Waals surface area contributed by atoms with E-state index in [9.17, 15) is 19.2 Å². The van der Waals surface area contributed by atoms with Crippen molar-refractivity contribution in [3.05, 3.63) is 120 Å². The fourth-order valence-electron chi connectivity index (χ4n) is 3.74. The summed E-state index contributed by atoms with van der Waals surface area (Å²) in [6.07, 6.45) is 1.11. The van der Waals surface area contributed by atoms with Crippen molar-refractivity contribution < 1.29 is 38.1 Å². The molecule has 0 heterocycles. The Bertz CT molecular complexity index is 1370. The highest BCUT2D eigenvalue weighted by molar-refractivity contribution is 5.84. The molecule has 44 heavy (non-hydrogen) atoms. The van der Waals surface area contributed by atoms with Crippen LogP contribution < -0.4 is 10.6 Å². The molecule has 0 aliphatic heterocycles. The number of esters is 2. The molecular formula is C34H38N2O8. The lowest BCUT2D eigenvalue weighted by molar-refractivity contribution is -0.147. The number of hydrogen-bond donors (Lipinski definition) is 2. The zero-order valence-electron chi connectivity index (χ0n) is 25.1. The number of carbonyl (C=O) groups excluding carboxylic acids is 4. The van der Waals surface area contributed by atoms with Gasteiger partial charge in [-0.1, -0.05) is 103 Å². The minimum atomic E-state index is -1.25. The van der Waals surface area contributed by atoms with E-state index in [4.69, 9.17) is 18.9 Å². The van der Waals surface area contributed by atoms with E-state index in [2.05, 4.69) is 10.6 Å². The van der Waals surface area contributed by atoms with E-state index in [0.717, 1.165) is 16.7 Å². The van der Waals surface area contributed by atoms with E-state index in [1.807, 2.05) is 54.6 Å². The molecular weight excluding hydrogens is 564 g/mol. The topological polar surface area (TPSA) is 129 Å². The molecule has 0 unspecified atom stereocenters. The molecule has 0 aliphatic rings. The maximum atomic E-state index is 13.0. The van der Waals surface area contributed by atoms with Crippen molar-refractivity contribution >= 4 is 24.1 Å². The molecule has 0 aliphatic carbocycles. The van der Waals surface area contributed by atoms with Gasteiger partial charge in [0.15, 0.2) is 0 Å². The molecule has 3 aromatic carbocycles. The Morgan fingerprint density at radius 2 is 1.09 bits per heavy atom. The lowest BCUT2D eigenvalue weighted by atomic mass is 10.1. The number of alkyl carbamates (subject to hydrolysis) is 2. The van der Waals surface area contributed by atoms with E-state index < -0.39 is 41.8 Å². The van der Waals surface area contributed by atoms with Crippen LogP contribution in [0.2, 0.25) is 0 Å². The molecule has 0 bridgehead atoms. The maximum absolute atomic E-state index is 13.0. The summed E-state index contributed by atoms with van der Waals surface area (Å²) in [5.74, 6) is -1.45. The third-order valence-corrected chi connectivity index (χ3v) is 5.86. The third kappa shape index (κ3) is 12.8. The summed E-state index contributed by atoms with van der Waals surface area (Å²) in [6.45, 7) is 5.08. The fourth-order valence-corrected chi connectivity index (χ4v) is 3.74. The summed E-state index contributed by atoms with van der Waals surface area (Å²) in [5.41, 5.74) is 1.51. The van der Waals surface area contributed by atoms with Crippen LogP contribution in [0.15, 0.2) is 103 Å². The first-order valence-electron chi connectivity index (χ1n) is 14.1. The summed E-state index contributed by atoms with van der Waals surface area (Å²) in [6, 6.07) is 24.8. The SMILES string of the molecule is CC(C)(C)OC(=O)N[C@H](C/C=C/[C@H](NC(=O)OCc1ccccc1)C(=O)OCc1ccccc1)C(=O)OCc1ccccc1. The Kier molecular flexibility index (Phi) is 13.0. The monoisotopic (exact) mass is 602 g/mol. The molecule has 0 fully saturated rings. The van der Waals surface area contributed by atoms with Crippen molar-refractivity contribution in [3.8, 4) is 0 Å². The van der Waals surface area contributed by atoms with Crippen molar-refractivity contribution in [1.82, 2.24) is 10.6 Å². The van der Waals surface area contributed by atoms with Gasteiger partial charge in [-0.05, 0) is 43.9 Å². The van der Waals surface area contributed by atoms with E-state index in [0.29, 0.717) is 0 Å². The predicted octanol–water partition coefficient (Wildman–Crippen LogP) is 5.61. The molecule has 10 heteroatoms. The Morgan fingerprint density at radius 3 is 1.57 bits per heavy atom. The van der Waals surface area contributed by atoms with Gasteiger partial charge in [0.25, 0.3) is 0 Å². The molecule has 3 aromatic rings. The minimum absolute atomic E-state index is 0.000860. The first-order valence-corrected chi connectivity index (χ1v) is 14.1. The van der Waals surface area contributed by atoms with Gasteiger partial charge in [0, 0.05) is 0 Å². The van der Waals surface area contributed by atoms with E-state index in [1.54, 1.807) is 57.2 Å². The summed E-state index contributed by atoms with van der Waals surface area (Å²) < 4.78 is 21.4. The zero-order chi connectivity index (χ0) is 31.8. The Hall–Kier alpha value is -5.12. The van der Waals surface area contributed by atoms with Crippen LogP contribution in [0.3, 0.4) is 0 Å². The normalized spacial score (nSPS) is 12.4. The molecule has 0 saturated carbocycles. The van der Waals surface area contributed by atoms with Gasteiger partial charge in [-0.15, -0.1) is 0 Å². The molecule has 2 N–H and O–H groups in total. The standard InChI is InChI=1S/C34H38N2O8/c1-34(2,3)44-33(40)36-29(31(38)42-23-26-16-9-5-10-17-26)21-13-20-28(30(37)41-22-25-14-7-4-8-15-25)35-32(39)43-24-27-18-11-6-12-19-27/h4-20,28-29H,21-24H2,1-3H3,(H,35,39)(H,36,40)/b20-13+/t28-,29+/m0/s1. The van der Waals surface area contributed by atoms with Crippen molar-refractivity contribution in [2.75, 3.05) is 0 Å². The molecule has 232 valence electrons. The number of carbonyl (C=O) groups is 4. The van der Waals surface area contributed by atoms with Gasteiger partial charge in [0.2, 0.25) is 0 Å². The van der Waals surface area contributed by atoms with Crippen LogP contribution >= 0.6 is 0 Å². The van der Waals surface area contributed by atoms with E-state index in [-0.39, 0.29) is 26.2 Å². The highest BCUT2D eigenvalue weighted by atomic mass is 16.6. The number of benzene rings is 3. The molecule has 0 spiro atoms. The number of rotatable bonds is 13. The van der Waals surface area contributed by atoms with Gasteiger partial charge in [0.1, 0.15) is 37.5 Å². The summed E-state index contributed by atoms with van der Waals surface area (Å²) >= 11 is 0. The average molecular weight is 603 g/mol. The lowest BCUT2D eigenvalue weighted by Gasteiger charge is -2.22. The Labute approximate surface area is 257 Å². The van der Waals surface area contributed by atoms with Crippen molar-refractivity contribution in [3.63, 3.8) is 0 Å². The van der Waals surface area contributed by atoms with Gasteiger partial charge in [-0.3, -0.25) is 0 Å². The quantitative estimate of drug-likeness (QED) is 0.147. The van der Waals surface area contributed by atoms with Crippen molar-refractivity contribution in [2.24, 2.45) is 0 Å². The van der Waals surface area contributed by atoms with Crippen LogP contribution in [0.1, 0.15) is 43.9 Å². The van der Waals surface area contributed by atoms with Crippen molar-refractivity contribution in [1.29, 1.82) is 0 Å². The molecule has 10 nitrogen and oxygen atoms in total. The number of amides is 2. The summed E-state index contributed by atoms with van der Waals surface area (Å²) in [5, 5.41) is 5.02. The third-order valence-electron chi connectivity index (χ3n) is 5.86. The number of hydrogen-bond acceptors (Lipinski definition) is 8. The van der Waals surface area contributed by atoms with Crippen LogP contribution in [0.4, 0.5) is 9.59 Å². The Balaban J connectivity index is 1.70. The first-order chi connectivity index (χ1) is 21.1. The summed E-state index contributed by atoms with van der Waals surface area (Å²) in [7, 11) is 0. The molecule has 2 atom stereocenters. The second-order valence-electron chi connectivity index (χ2n) is 10.7. The van der Waals surface area contributed by atoms with Gasteiger partial charge >= 0.3 is 24.1 Å². The largest absolute Gasteiger partial charge is 0.459 e. The van der Waals surface area contributed by atoms with E-state index in [1.165, 1.54) is 12.2 Å². The highest BCUT2D eigenvalue weighted by Gasteiger charge is 2.26. The van der Waals surface area contributed by atoms with Crippen LogP contribution in [0.25, 0.3) is 0 Å². The van der Waals surface area contributed by atoms with Crippen LogP contribution in [-0.2, 0) is 48.4 Å². The second-order valence-corrected chi connectivity index (χ2v) is 10.7. The van der Waals surface area contributed by atoms with Gasteiger partial charge < -0.3 is 29.6 Å². The molecule has 0 saturated heterocycles. The van der Waals surface area contributed by atoms with E-state index >= 15 is 0 Å². The van der Waals surface area contributed by atoms with Crippen LogP contribution in [0, 0.1) is 0 Å². The average Bonchev–Trinajstić information content (AvgIpc) is 3.01. The van der Waals surface area contributed by atoms with Crippen molar-refractivity contribution in [2.45, 2.75) is 64.7 Å². The first kappa shape index (κ1) is 33.4. The smallest absolute Gasteiger partial charge is 0.408 e.